The molecule has 0 amide bonds. The van der Waals surface area contributed by atoms with E-state index in [4.69, 9.17) is 9.84 Å². The summed E-state index contributed by atoms with van der Waals surface area (Å²) >= 11 is 0. The molecule has 1 aliphatic rings. The first-order chi connectivity index (χ1) is 10.1. The van der Waals surface area contributed by atoms with E-state index in [1.165, 1.54) is 0 Å². The molecule has 4 nitrogen and oxygen atoms in total. The Labute approximate surface area is 123 Å². The number of ether oxygens (including phenoxy) is 2. The summed E-state index contributed by atoms with van der Waals surface area (Å²) in [7, 11) is 0. The van der Waals surface area contributed by atoms with Crippen molar-refractivity contribution < 1.29 is 23.4 Å². The highest BCUT2D eigenvalue weighted by Crippen LogP contribution is 2.34. The van der Waals surface area contributed by atoms with Crippen LogP contribution in [0.4, 0.5) is 8.78 Å². The Balaban J connectivity index is 2.15. The molecule has 1 aromatic rings. The van der Waals surface area contributed by atoms with Crippen molar-refractivity contribution >= 4 is 0 Å². The fraction of sp³-hybridized carbons (Fsp3) is 0.600. The number of rotatable bonds is 7. The second-order valence-corrected chi connectivity index (χ2v) is 5.13. The molecular weight excluding hydrogens is 280 g/mol. The Hall–Kier alpha value is -1.40. The number of benzene rings is 1. The van der Waals surface area contributed by atoms with Crippen LogP contribution in [0.2, 0.25) is 0 Å². The molecule has 2 rings (SSSR count). The summed E-state index contributed by atoms with van der Waals surface area (Å²) in [5.41, 5.74) is 0.680. The average Bonchev–Trinajstić information content (AvgIpc) is 2.90. The molecule has 1 aromatic carbocycles. The number of hydrogen-bond donors (Lipinski definition) is 1. The quantitative estimate of drug-likeness (QED) is 0.840. The molecule has 0 radical (unpaired) electrons. The lowest BCUT2D eigenvalue weighted by molar-refractivity contribution is -0.0523. The fourth-order valence-electron chi connectivity index (χ4n) is 2.62. The van der Waals surface area contributed by atoms with Gasteiger partial charge in [0.1, 0.15) is 0 Å². The van der Waals surface area contributed by atoms with E-state index in [1.807, 2.05) is 0 Å². The van der Waals surface area contributed by atoms with Gasteiger partial charge >= 0.3 is 6.61 Å². The van der Waals surface area contributed by atoms with Crippen LogP contribution >= 0.6 is 0 Å². The third-order valence-corrected chi connectivity index (χ3v) is 3.59. The summed E-state index contributed by atoms with van der Waals surface area (Å²) in [5, 5.41) is 9.17. The summed E-state index contributed by atoms with van der Waals surface area (Å²) in [6, 6.07) is 5.18. The van der Waals surface area contributed by atoms with Crippen LogP contribution in [0.25, 0.3) is 0 Å². The number of aliphatic hydroxyl groups is 1. The van der Waals surface area contributed by atoms with Crippen molar-refractivity contribution in [1.29, 1.82) is 0 Å². The fourth-order valence-corrected chi connectivity index (χ4v) is 2.62. The van der Waals surface area contributed by atoms with Crippen molar-refractivity contribution in [1.82, 2.24) is 4.90 Å². The highest BCUT2D eigenvalue weighted by Gasteiger charge is 2.24. The number of para-hydroxylation sites is 1. The van der Waals surface area contributed by atoms with Gasteiger partial charge in [-0.25, -0.2) is 0 Å². The Kier molecular flexibility index (Phi) is 5.76. The van der Waals surface area contributed by atoms with Crippen LogP contribution in [0.15, 0.2) is 18.2 Å². The van der Waals surface area contributed by atoms with Crippen molar-refractivity contribution in [2.75, 3.05) is 26.3 Å². The van der Waals surface area contributed by atoms with Crippen LogP contribution in [0.5, 0.6) is 11.5 Å². The second kappa shape index (κ2) is 7.56. The van der Waals surface area contributed by atoms with Gasteiger partial charge in [0.05, 0.1) is 6.61 Å². The van der Waals surface area contributed by atoms with E-state index in [9.17, 15) is 8.78 Å². The van der Waals surface area contributed by atoms with Crippen LogP contribution in [-0.4, -0.2) is 42.9 Å². The number of nitrogens with zero attached hydrogens (tertiary/aromatic N) is 1. The van der Waals surface area contributed by atoms with Crippen LogP contribution in [0.1, 0.15) is 18.9 Å². The molecule has 1 aliphatic heterocycles. The van der Waals surface area contributed by atoms with Crippen LogP contribution < -0.4 is 9.47 Å². The molecule has 0 spiro atoms. The zero-order chi connectivity index (χ0) is 15.2. The van der Waals surface area contributed by atoms with E-state index < -0.39 is 6.61 Å². The number of halogens is 2. The molecule has 6 heteroatoms. The summed E-state index contributed by atoms with van der Waals surface area (Å²) in [6.45, 7) is 1.59. The first kappa shape index (κ1) is 16.0. The minimum absolute atomic E-state index is 0.113. The molecule has 0 saturated carbocycles. The number of likely N-dealkylation sites (tertiary alicyclic amines) is 1. The smallest absolute Gasteiger partial charge is 0.387 e. The lowest BCUT2D eigenvalue weighted by Gasteiger charge is -2.20. The topological polar surface area (TPSA) is 41.9 Å². The maximum absolute atomic E-state index is 12.6. The largest absolute Gasteiger partial charge is 0.490 e. The minimum atomic E-state index is -2.88. The van der Waals surface area contributed by atoms with Crippen molar-refractivity contribution in [2.24, 2.45) is 5.92 Å². The summed E-state index contributed by atoms with van der Waals surface area (Å²) < 4.78 is 35.3. The lowest BCUT2D eigenvalue weighted by atomic mass is 10.1. The molecule has 1 atom stereocenters. The molecular formula is C15H21F2NO3. The molecule has 118 valence electrons. The van der Waals surface area contributed by atoms with Gasteiger partial charge in [-0.3, -0.25) is 4.90 Å². The molecule has 1 fully saturated rings. The molecule has 0 aromatic heterocycles. The van der Waals surface area contributed by atoms with Crippen molar-refractivity contribution in [2.45, 2.75) is 26.5 Å². The van der Waals surface area contributed by atoms with Gasteiger partial charge in [0, 0.05) is 25.3 Å². The zero-order valence-electron chi connectivity index (χ0n) is 12.1. The van der Waals surface area contributed by atoms with E-state index in [-0.39, 0.29) is 18.3 Å². The van der Waals surface area contributed by atoms with Crippen LogP contribution in [0, 0.1) is 5.92 Å². The number of alkyl halides is 2. The second-order valence-electron chi connectivity index (χ2n) is 5.13. The van der Waals surface area contributed by atoms with Gasteiger partial charge in [0.2, 0.25) is 0 Å². The van der Waals surface area contributed by atoms with Crippen LogP contribution in [-0.2, 0) is 6.54 Å². The first-order valence-electron chi connectivity index (χ1n) is 7.16. The highest BCUT2D eigenvalue weighted by atomic mass is 19.3. The third kappa shape index (κ3) is 4.28. The minimum Gasteiger partial charge on any atom is -0.490 e. The van der Waals surface area contributed by atoms with Gasteiger partial charge in [-0.2, -0.15) is 8.78 Å². The van der Waals surface area contributed by atoms with Gasteiger partial charge in [0.25, 0.3) is 0 Å². The maximum Gasteiger partial charge on any atom is 0.387 e. The molecule has 0 aliphatic carbocycles. The normalized spacial score (nSPS) is 19.2. The molecule has 1 saturated heterocycles. The summed E-state index contributed by atoms with van der Waals surface area (Å²) in [6.07, 6.45) is 0.923. The zero-order valence-corrected chi connectivity index (χ0v) is 12.1. The standard InChI is InChI=1S/C15H21F2NO3/c1-2-20-13-5-3-4-12(14(13)21-15(16)17)9-18-7-6-11(8-18)10-19/h3-5,11,15,19H,2,6-10H2,1H3. The average molecular weight is 301 g/mol. The van der Waals surface area contributed by atoms with Crippen molar-refractivity contribution in [3.8, 4) is 11.5 Å². The van der Waals surface area contributed by atoms with Crippen LogP contribution in [0.3, 0.4) is 0 Å². The predicted octanol–water partition coefficient (Wildman–Crippen LogP) is 2.50. The first-order valence-corrected chi connectivity index (χ1v) is 7.16. The SMILES string of the molecule is CCOc1cccc(CN2CCC(CO)C2)c1OC(F)F. The highest BCUT2D eigenvalue weighted by molar-refractivity contribution is 5.46. The Morgan fingerprint density at radius 1 is 1.43 bits per heavy atom. The van der Waals surface area contributed by atoms with E-state index >= 15 is 0 Å². The molecule has 21 heavy (non-hydrogen) atoms. The molecule has 1 unspecified atom stereocenters. The predicted molar refractivity (Wildman–Crippen MR) is 74.7 cm³/mol. The van der Waals surface area contributed by atoms with Gasteiger partial charge < -0.3 is 14.6 Å². The lowest BCUT2D eigenvalue weighted by Crippen LogP contribution is -2.21. The summed E-state index contributed by atoms with van der Waals surface area (Å²) in [5.74, 6) is 0.717. The third-order valence-electron chi connectivity index (χ3n) is 3.59. The Morgan fingerprint density at radius 2 is 2.24 bits per heavy atom. The van der Waals surface area contributed by atoms with E-state index in [2.05, 4.69) is 9.64 Å². The van der Waals surface area contributed by atoms with E-state index in [1.54, 1.807) is 25.1 Å². The van der Waals surface area contributed by atoms with E-state index in [0.717, 1.165) is 19.5 Å². The van der Waals surface area contributed by atoms with Crippen molar-refractivity contribution in [3.63, 3.8) is 0 Å². The molecule has 1 N–H and O–H groups in total. The van der Waals surface area contributed by atoms with Gasteiger partial charge in [0.15, 0.2) is 11.5 Å². The number of aliphatic hydroxyl groups excluding tert-OH is 1. The Bertz CT molecular complexity index is 457. The molecule has 0 bridgehead atoms. The maximum atomic E-state index is 12.6. The Morgan fingerprint density at radius 3 is 2.86 bits per heavy atom. The van der Waals surface area contributed by atoms with Crippen molar-refractivity contribution in [3.05, 3.63) is 23.8 Å². The monoisotopic (exact) mass is 301 g/mol. The van der Waals surface area contributed by atoms with Gasteiger partial charge in [-0.05, 0) is 31.9 Å². The summed E-state index contributed by atoms with van der Waals surface area (Å²) in [4.78, 5) is 2.13. The molecule has 1 heterocycles. The van der Waals surface area contributed by atoms with E-state index in [0.29, 0.717) is 24.5 Å². The number of hydrogen-bond acceptors (Lipinski definition) is 4. The van der Waals surface area contributed by atoms with Gasteiger partial charge in [-0.15, -0.1) is 0 Å². The van der Waals surface area contributed by atoms with Gasteiger partial charge in [-0.1, -0.05) is 12.1 Å².